The van der Waals surface area contributed by atoms with E-state index in [-0.39, 0.29) is 0 Å². The second kappa shape index (κ2) is 5.29. The Hall–Kier alpha value is -1.06. The Balaban J connectivity index is 1.99. The van der Waals surface area contributed by atoms with Crippen LogP contribution in [-0.2, 0) is 0 Å². The Bertz CT molecular complexity index is 380. The number of anilines is 1. The summed E-state index contributed by atoms with van der Waals surface area (Å²) in [6, 6.07) is 9.13. The number of aryl methyl sites for hydroxylation is 1. The van der Waals surface area contributed by atoms with Crippen LogP contribution in [0.2, 0.25) is 0 Å². The van der Waals surface area contributed by atoms with Crippen molar-refractivity contribution in [2.75, 3.05) is 18.5 Å². The fourth-order valence-electron chi connectivity index (χ4n) is 2.72. The molecule has 1 fully saturated rings. The van der Waals surface area contributed by atoms with E-state index >= 15 is 0 Å². The number of hydrogen-bond acceptors (Lipinski definition) is 3. The highest BCUT2D eigenvalue weighted by molar-refractivity contribution is 5.47. The Morgan fingerprint density at radius 1 is 1.28 bits per heavy atom. The first-order valence-corrected chi connectivity index (χ1v) is 6.76. The van der Waals surface area contributed by atoms with Gasteiger partial charge in [0.25, 0.3) is 0 Å². The molecule has 0 aromatic heterocycles. The lowest BCUT2D eigenvalue weighted by Crippen LogP contribution is -2.46. The van der Waals surface area contributed by atoms with Crippen LogP contribution in [-0.4, -0.2) is 30.3 Å². The van der Waals surface area contributed by atoms with Gasteiger partial charge in [-0.15, -0.1) is 0 Å². The zero-order valence-electron chi connectivity index (χ0n) is 11.4. The van der Waals surface area contributed by atoms with Crippen molar-refractivity contribution in [3.8, 4) is 0 Å². The van der Waals surface area contributed by atoms with Crippen molar-refractivity contribution in [3.63, 3.8) is 0 Å². The highest BCUT2D eigenvalue weighted by Crippen LogP contribution is 2.31. The second-order valence-electron chi connectivity index (χ2n) is 5.61. The Morgan fingerprint density at radius 3 is 2.33 bits per heavy atom. The zero-order valence-corrected chi connectivity index (χ0v) is 11.4. The molecule has 0 atom stereocenters. The van der Waals surface area contributed by atoms with E-state index in [0.717, 1.165) is 25.7 Å². The lowest BCUT2D eigenvalue weighted by Gasteiger charge is -2.39. The van der Waals surface area contributed by atoms with Crippen LogP contribution < -0.4 is 10.6 Å². The van der Waals surface area contributed by atoms with Gasteiger partial charge in [0.05, 0.1) is 5.60 Å². The third kappa shape index (κ3) is 2.85. The Labute approximate surface area is 110 Å². The van der Waals surface area contributed by atoms with E-state index in [4.69, 9.17) is 5.73 Å². The number of rotatable bonds is 3. The van der Waals surface area contributed by atoms with Crippen LogP contribution in [0.3, 0.4) is 0 Å². The second-order valence-corrected chi connectivity index (χ2v) is 5.61. The van der Waals surface area contributed by atoms with Crippen LogP contribution in [0.4, 0.5) is 5.69 Å². The van der Waals surface area contributed by atoms with Crippen LogP contribution in [0, 0.1) is 6.92 Å². The van der Waals surface area contributed by atoms with Gasteiger partial charge in [0.2, 0.25) is 0 Å². The Morgan fingerprint density at radius 2 is 1.83 bits per heavy atom. The molecule has 3 N–H and O–H groups in total. The highest BCUT2D eigenvalue weighted by Gasteiger charge is 2.33. The van der Waals surface area contributed by atoms with E-state index in [1.165, 1.54) is 11.3 Å². The summed E-state index contributed by atoms with van der Waals surface area (Å²) in [5, 5.41) is 10.1. The van der Waals surface area contributed by atoms with E-state index in [0.29, 0.717) is 12.6 Å². The molecular formula is C15H24N2O. The predicted octanol–water partition coefficient (Wildman–Crippen LogP) is 2.06. The lowest BCUT2D eigenvalue weighted by atomic mass is 9.81. The SMILES string of the molecule is Cc1ccc(N(C)C2CCC(O)(CN)CC2)cc1. The molecule has 0 unspecified atom stereocenters. The van der Waals surface area contributed by atoms with Gasteiger partial charge in [0.15, 0.2) is 0 Å². The largest absolute Gasteiger partial charge is 0.389 e. The summed E-state index contributed by atoms with van der Waals surface area (Å²) in [6.07, 6.45) is 3.64. The molecule has 1 aliphatic rings. The smallest absolute Gasteiger partial charge is 0.0770 e. The maximum Gasteiger partial charge on any atom is 0.0770 e. The molecule has 0 bridgehead atoms. The number of aliphatic hydroxyl groups is 1. The van der Waals surface area contributed by atoms with E-state index in [2.05, 4.69) is 43.1 Å². The topological polar surface area (TPSA) is 49.5 Å². The molecule has 1 saturated carbocycles. The van der Waals surface area contributed by atoms with Crippen molar-refractivity contribution >= 4 is 5.69 Å². The number of hydrogen-bond donors (Lipinski definition) is 2. The minimum absolute atomic E-state index is 0.383. The average molecular weight is 248 g/mol. The summed E-state index contributed by atoms with van der Waals surface area (Å²) in [5.74, 6) is 0. The van der Waals surface area contributed by atoms with Gasteiger partial charge in [0.1, 0.15) is 0 Å². The fourth-order valence-corrected chi connectivity index (χ4v) is 2.72. The van der Waals surface area contributed by atoms with Crippen LogP contribution in [0.5, 0.6) is 0 Å². The first-order valence-electron chi connectivity index (χ1n) is 6.76. The van der Waals surface area contributed by atoms with Crippen molar-refractivity contribution in [2.45, 2.75) is 44.2 Å². The summed E-state index contributed by atoms with van der Waals surface area (Å²) >= 11 is 0. The first kappa shape index (κ1) is 13.4. The van der Waals surface area contributed by atoms with Crippen LogP contribution in [0.1, 0.15) is 31.2 Å². The van der Waals surface area contributed by atoms with Gasteiger partial charge in [0, 0.05) is 25.3 Å². The standard InChI is InChI=1S/C15H24N2O/c1-12-3-5-13(6-4-12)17(2)14-7-9-15(18,11-16)10-8-14/h3-6,14,18H,7-11,16H2,1-2H3. The quantitative estimate of drug-likeness (QED) is 0.861. The summed E-state index contributed by atoms with van der Waals surface area (Å²) < 4.78 is 0. The first-order chi connectivity index (χ1) is 8.54. The minimum atomic E-state index is -0.620. The number of benzene rings is 1. The van der Waals surface area contributed by atoms with Crippen LogP contribution in [0.15, 0.2) is 24.3 Å². The molecule has 2 rings (SSSR count). The van der Waals surface area contributed by atoms with E-state index in [1.807, 2.05) is 0 Å². The molecule has 1 aromatic rings. The van der Waals surface area contributed by atoms with Gasteiger partial charge in [-0.1, -0.05) is 17.7 Å². The van der Waals surface area contributed by atoms with Crippen LogP contribution in [0.25, 0.3) is 0 Å². The number of nitrogens with zero attached hydrogens (tertiary/aromatic N) is 1. The molecule has 3 heteroatoms. The van der Waals surface area contributed by atoms with Gasteiger partial charge >= 0.3 is 0 Å². The average Bonchev–Trinajstić information content (AvgIpc) is 2.40. The molecule has 0 radical (unpaired) electrons. The van der Waals surface area contributed by atoms with Gasteiger partial charge in [-0.3, -0.25) is 0 Å². The molecule has 100 valence electrons. The molecular weight excluding hydrogens is 224 g/mol. The van der Waals surface area contributed by atoms with Gasteiger partial charge in [-0.05, 0) is 44.7 Å². The molecule has 0 amide bonds. The fraction of sp³-hybridized carbons (Fsp3) is 0.600. The summed E-state index contributed by atoms with van der Waals surface area (Å²) in [7, 11) is 2.14. The normalized spacial score (nSPS) is 28.1. The molecule has 0 aliphatic heterocycles. The zero-order chi connectivity index (χ0) is 13.2. The van der Waals surface area contributed by atoms with Crippen molar-refractivity contribution in [1.82, 2.24) is 0 Å². The number of nitrogens with two attached hydrogens (primary N) is 1. The monoisotopic (exact) mass is 248 g/mol. The third-order valence-electron chi connectivity index (χ3n) is 4.25. The maximum absolute atomic E-state index is 10.1. The molecule has 0 saturated heterocycles. The lowest BCUT2D eigenvalue weighted by molar-refractivity contribution is 0.00800. The predicted molar refractivity (Wildman–Crippen MR) is 75.8 cm³/mol. The minimum Gasteiger partial charge on any atom is -0.389 e. The molecule has 18 heavy (non-hydrogen) atoms. The van der Waals surface area contributed by atoms with E-state index < -0.39 is 5.60 Å². The summed E-state index contributed by atoms with van der Waals surface area (Å²) in [4.78, 5) is 2.33. The van der Waals surface area contributed by atoms with Crippen LogP contribution >= 0.6 is 0 Å². The molecule has 1 aliphatic carbocycles. The van der Waals surface area contributed by atoms with E-state index in [1.54, 1.807) is 0 Å². The molecule has 1 aromatic carbocycles. The molecule has 0 spiro atoms. The summed E-state index contributed by atoms with van der Waals surface area (Å²) in [6.45, 7) is 2.49. The van der Waals surface area contributed by atoms with Crippen molar-refractivity contribution < 1.29 is 5.11 Å². The van der Waals surface area contributed by atoms with Crippen molar-refractivity contribution in [3.05, 3.63) is 29.8 Å². The summed E-state index contributed by atoms with van der Waals surface area (Å²) in [5.41, 5.74) is 7.54. The van der Waals surface area contributed by atoms with Gasteiger partial charge in [-0.25, -0.2) is 0 Å². The van der Waals surface area contributed by atoms with Gasteiger partial charge in [-0.2, -0.15) is 0 Å². The maximum atomic E-state index is 10.1. The Kier molecular flexibility index (Phi) is 3.93. The molecule has 3 nitrogen and oxygen atoms in total. The van der Waals surface area contributed by atoms with E-state index in [9.17, 15) is 5.11 Å². The highest BCUT2D eigenvalue weighted by atomic mass is 16.3. The van der Waals surface area contributed by atoms with Crippen molar-refractivity contribution in [2.24, 2.45) is 5.73 Å². The van der Waals surface area contributed by atoms with Crippen molar-refractivity contribution in [1.29, 1.82) is 0 Å². The molecule has 0 heterocycles. The third-order valence-corrected chi connectivity index (χ3v) is 4.25. The van der Waals surface area contributed by atoms with Gasteiger partial charge < -0.3 is 15.7 Å².